The molecule has 0 N–H and O–H groups in total. The van der Waals surface area contributed by atoms with Gasteiger partial charge in [-0.15, -0.1) is 0 Å². The smallest absolute Gasteiger partial charge is 0.167 e. The highest BCUT2D eigenvalue weighted by molar-refractivity contribution is 6.20. The summed E-state index contributed by atoms with van der Waals surface area (Å²) >= 11 is 0. The molecule has 0 bridgehead atoms. The van der Waals surface area contributed by atoms with Gasteiger partial charge in [0.25, 0.3) is 0 Å². The van der Waals surface area contributed by atoms with Crippen molar-refractivity contribution in [1.29, 1.82) is 0 Å². The van der Waals surface area contributed by atoms with Crippen LogP contribution in [0.3, 0.4) is 0 Å². The summed E-state index contributed by atoms with van der Waals surface area (Å²) in [5.41, 5.74) is 10.0. The number of aliphatic imine (C=N–C) groups is 1. The lowest BCUT2D eigenvalue weighted by atomic mass is 9.94. The van der Waals surface area contributed by atoms with Crippen molar-refractivity contribution in [3.05, 3.63) is 151 Å². The molecule has 0 saturated carbocycles. The maximum atomic E-state index is 6.96. The summed E-state index contributed by atoms with van der Waals surface area (Å²) in [6, 6.07) is 48.1. The lowest BCUT2D eigenvalue weighted by Gasteiger charge is -2.13. The third kappa shape index (κ3) is 4.57. The predicted molar refractivity (Wildman–Crippen MR) is 204 cm³/mol. The molecular formula is C44H29N5O. The van der Waals surface area contributed by atoms with Crippen molar-refractivity contribution in [2.24, 2.45) is 4.99 Å². The van der Waals surface area contributed by atoms with Crippen LogP contribution in [0.2, 0.25) is 0 Å². The van der Waals surface area contributed by atoms with Gasteiger partial charge in [0, 0.05) is 51.1 Å². The maximum absolute atomic E-state index is 6.96. The standard InChI is InChI=1S/C44H29N5O/c1-4-12-29(13-5-1)42-46-43(30-14-6-2-7-15-30)48-44(47-42)34-21-20-32(28-22-24-45-25-23-28)40-36-26-38-35(27-39(36)50-41(34)40)33-18-10-11-19-37(33)49(38)31-16-8-3-9-17-31/h1-22,24,26-27H,23,25H2. The normalized spacial score (nSPS) is 13.1. The first kappa shape index (κ1) is 28.4. The van der Waals surface area contributed by atoms with Crippen LogP contribution < -0.4 is 0 Å². The Hall–Kier alpha value is -6.66. The Morgan fingerprint density at radius 2 is 1.18 bits per heavy atom. The lowest BCUT2D eigenvalue weighted by molar-refractivity contribution is 0.670. The summed E-state index contributed by atoms with van der Waals surface area (Å²) in [7, 11) is 0. The van der Waals surface area contributed by atoms with Crippen molar-refractivity contribution in [3.8, 4) is 39.9 Å². The van der Waals surface area contributed by atoms with Gasteiger partial charge in [-0.05, 0) is 60.0 Å². The van der Waals surface area contributed by atoms with E-state index in [1.165, 1.54) is 11.0 Å². The fourth-order valence-electron chi connectivity index (χ4n) is 7.28. The number of aromatic nitrogens is 4. The predicted octanol–water partition coefficient (Wildman–Crippen LogP) is 10.7. The minimum atomic E-state index is 0.566. The lowest BCUT2D eigenvalue weighted by Crippen LogP contribution is -2.01. The van der Waals surface area contributed by atoms with Crippen LogP contribution in [0.25, 0.3) is 89.2 Å². The average molecular weight is 644 g/mol. The zero-order chi connectivity index (χ0) is 33.0. The van der Waals surface area contributed by atoms with Gasteiger partial charge in [0.05, 0.1) is 16.6 Å². The highest BCUT2D eigenvalue weighted by atomic mass is 16.3. The van der Waals surface area contributed by atoms with Crippen LogP contribution in [-0.2, 0) is 0 Å². The molecule has 10 rings (SSSR count). The van der Waals surface area contributed by atoms with E-state index in [1.54, 1.807) is 0 Å². The van der Waals surface area contributed by atoms with Crippen molar-refractivity contribution in [1.82, 2.24) is 19.5 Å². The fourth-order valence-corrected chi connectivity index (χ4v) is 7.28. The molecule has 1 aliphatic rings. The number of benzene rings is 6. The molecule has 0 saturated heterocycles. The highest BCUT2D eigenvalue weighted by Crippen LogP contribution is 2.44. The second-order valence-corrected chi connectivity index (χ2v) is 12.6. The van der Waals surface area contributed by atoms with Gasteiger partial charge in [-0.3, -0.25) is 4.99 Å². The molecule has 50 heavy (non-hydrogen) atoms. The van der Waals surface area contributed by atoms with E-state index in [9.17, 15) is 0 Å². The molecule has 0 atom stereocenters. The summed E-state index contributed by atoms with van der Waals surface area (Å²) in [5.74, 6) is 1.79. The summed E-state index contributed by atoms with van der Waals surface area (Å²) in [4.78, 5) is 19.6. The number of allylic oxidation sites excluding steroid dienone is 1. The summed E-state index contributed by atoms with van der Waals surface area (Å²) in [6.45, 7) is 0.756. The number of hydrogen-bond donors (Lipinski definition) is 0. The Bertz CT molecular complexity index is 2740. The largest absolute Gasteiger partial charge is 0.455 e. The second-order valence-electron chi connectivity index (χ2n) is 12.6. The highest BCUT2D eigenvalue weighted by Gasteiger charge is 2.23. The molecule has 0 radical (unpaired) electrons. The van der Waals surface area contributed by atoms with E-state index in [4.69, 9.17) is 19.4 Å². The Labute approximate surface area is 287 Å². The van der Waals surface area contributed by atoms with E-state index < -0.39 is 0 Å². The monoisotopic (exact) mass is 643 g/mol. The van der Waals surface area contributed by atoms with Crippen LogP contribution in [0.4, 0.5) is 0 Å². The van der Waals surface area contributed by atoms with Gasteiger partial charge in [-0.25, -0.2) is 15.0 Å². The van der Waals surface area contributed by atoms with E-state index >= 15 is 0 Å². The Kier molecular flexibility index (Phi) is 6.52. The molecule has 236 valence electrons. The summed E-state index contributed by atoms with van der Waals surface area (Å²) < 4.78 is 9.31. The third-order valence-electron chi connectivity index (χ3n) is 9.60. The van der Waals surface area contributed by atoms with Crippen LogP contribution in [0.1, 0.15) is 12.0 Å². The fraction of sp³-hybridized carbons (Fsp3) is 0.0455. The third-order valence-corrected chi connectivity index (χ3v) is 9.60. The summed E-state index contributed by atoms with van der Waals surface area (Å²) in [5, 5.41) is 4.42. The van der Waals surface area contributed by atoms with E-state index in [1.807, 2.05) is 66.9 Å². The Balaban J connectivity index is 1.30. The maximum Gasteiger partial charge on any atom is 0.167 e. The van der Waals surface area contributed by atoms with Crippen molar-refractivity contribution in [3.63, 3.8) is 0 Å². The first-order chi connectivity index (χ1) is 24.8. The quantitative estimate of drug-likeness (QED) is 0.187. The van der Waals surface area contributed by atoms with Gasteiger partial charge < -0.3 is 8.98 Å². The molecule has 6 heteroatoms. The molecule has 1 aliphatic heterocycles. The van der Waals surface area contributed by atoms with Gasteiger partial charge in [0.15, 0.2) is 17.5 Å². The molecule has 0 fully saturated rings. The molecular weight excluding hydrogens is 615 g/mol. The van der Waals surface area contributed by atoms with Crippen LogP contribution in [-0.4, -0.2) is 32.3 Å². The first-order valence-electron chi connectivity index (χ1n) is 16.8. The van der Waals surface area contributed by atoms with Crippen LogP contribution in [0, 0.1) is 0 Å². The number of fused-ring (bicyclic) bond motifs is 6. The van der Waals surface area contributed by atoms with Gasteiger partial charge in [-0.1, -0.05) is 103 Å². The van der Waals surface area contributed by atoms with Gasteiger partial charge in [-0.2, -0.15) is 0 Å². The van der Waals surface area contributed by atoms with Gasteiger partial charge in [0.1, 0.15) is 11.2 Å². The van der Waals surface area contributed by atoms with Gasteiger partial charge in [0.2, 0.25) is 0 Å². The number of furan rings is 1. The number of dihydropyridines is 1. The van der Waals surface area contributed by atoms with Crippen molar-refractivity contribution in [2.45, 2.75) is 6.42 Å². The number of nitrogens with zero attached hydrogens (tertiary/aromatic N) is 5. The Morgan fingerprint density at radius 1 is 0.540 bits per heavy atom. The zero-order valence-electron chi connectivity index (χ0n) is 27.0. The minimum absolute atomic E-state index is 0.566. The van der Waals surface area contributed by atoms with Crippen molar-refractivity contribution in [2.75, 3.05) is 6.54 Å². The molecule has 4 heterocycles. The molecule has 0 amide bonds. The second kappa shape index (κ2) is 11.5. The molecule has 0 spiro atoms. The van der Waals surface area contributed by atoms with E-state index in [2.05, 4.69) is 94.5 Å². The molecule has 9 aromatic rings. The average Bonchev–Trinajstić information content (AvgIpc) is 3.73. The first-order valence-corrected chi connectivity index (χ1v) is 16.8. The number of para-hydroxylation sites is 2. The number of hydrogen-bond acceptors (Lipinski definition) is 5. The van der Waals surface area contributed by atoms with Crippen LogP contribution >= 0.6 is 0 Å². The van der Waals surface area contributed by atoms with E-state index in [0.717, 1.165) is 79.3 Å². The molecule has 6 nitrogen and oxygen atoms in total. The molecule has 3 aromatic heterocycles. The van der Waals surface area contributed by atoms with Gasteiger partial charge >= 0.3 is 0 Å². The van der Waals surface area contributed by atoms with E-state index in [-0.39, 0.29) is 0 Å². The zero-order valence-corrected chi connectivity index (χ0v) is 27.0. The van der Waals surface area contributed by atoms with Crippen molar-refractivity contribution < 1.29 is 4.42 Å². The topological polar surface area (TPSA) is 69.1 Å². The molecule has 6 aromatic carbocycles. The number of rotatable bonds is 5. The van der Waals surface area contributed by atoms with Crippen LogP contribution in [0.15, 0.2) is 155 Å². The van der Waals surface area contributed by atoms with E-state index in [0.29, 0.717) is 17.5 Å². The Morgan fingerprint density at radius 3 is 1.88 bits per heavy atom. The summed E-state index contributed by atoms with van der Waals surface area (Å²) in [6.07, 6.45) is 4.89. The van der Waals surface area contributed by atoms with Crippen LogP contribution in [0.5, 0.6) is 0 Å². The molecule has 0 unspecified atom stereocenters. The minimum Gasteiger partial charge on any atom is -0.455 e. The molecule has 0 aliphatic carbocycles. The van der Waals surface area contributed by atoms with Crippen molar-refractivity contribution >= 4 is 55.5 Å². The SMILES string of the molecule is C1=NCCC(c2ccc(-c3nc(-c4ccccc4)nc(-c4ccccc4)n3)c3oc4cc5c6ccccc6n(-c6ccccc6)c5cc4c23)=C1.